The molecule has 0 heterocycles. The van der Waals surface area contributed by atoms with Crippen LogP contribution in [0, 0.1) is 17.3 Å². The van der Waals surface area contributed by atoms with Gasteiger partial charge >= 0.3 is 0 Å². The average molecular weight is 269 g/mol. The van der Waals surface area contributed by atoms with Crippen LogP contribution in [0.25, 0.3) is 0 Å². The Labute approximate surface area is 120 Å². The third-order valence-electron chi connectivity index (χ3n) is 4.92. The van der Waals surface area contributed by atoms with Crippen molar-refractivity contribution in [3.05, 3.63) is 0 Å². The van der Waals surface area contributed by atoms with Gasteiger partial charge in [0.25, 0.3) is 0 Å². The van der Waals surface area contributed by atoms with Gasteiger partial charge in [0.2, 0.25) is 0 Å². The fourth-order valence-electron chi connectivity index (χ4n) is 3.12. The Hall–Kier alpha value is -0.0800. The van der Waals surface area contributed by atoms with Gasteiger partial charge in [0.1, 0.15) is 0 Å². The van der Waals surface area contributed by atoms with Crippen molar-refractivity contribution in [3.8, 4) is 0 Å². The molecule has 19 heavy (non-hydrogen) atoms. The fraction of sp³-hybridized carbons (Fsp3) is 1.00. The van der Waals surface area contributed by atoms with E-state index in [1.807, 2.05) is 0 Å². The summed E-state index contributed by atoms with van der Waals surface area (Å²) in [6.07, 6.45) is 5.52. The molecule has 0 bridgehead atoms. The summed E-state index contributed by atoms with van der Waals surface area (Å²) >= 11 is 0. The molecule has 0 amide bonds. The van der Waals surface area contributed by atoms with Crippen LogP contribution in [-0.4, -0.2) is 25.3 Å². The van der Waals surface area contributed by atoms with Crippen molar-refractivity contribution in [1.82, 2.24) is 5.32 Å². The summed E-state index contributed by atoms with van der Waals surface area (Å²) in [6, 6.07) is 0.563. The summed E-state index contributed by atoms with van der Waals surface area (Å²) in [5.41, 5.74) is 0.455. The molecule has 2 nitrogen and oxygen atoms in total. The maximum atomic E-state index is 6.22. The molecule has 2 heteroatoms. The fourth-order valence-corrected chi connectivity index (χ4v) is 3.12. The molecule has 1 N–H and O–H groups in total. The van der Waals surface area contributed by atoms with Gasteiger partial charge in [0.15, 0.2) is 0 Å². The molecule has 0 aromatic carbocycles. The lowest BCUT2D eigenvalue weighted by atomic mass is 9.68. The average Bonchev–Trinajstić information content (AvgIpc) is 2.37. The molecule has 0 radical (unpaired) electrons. The van der Waals surface area contributed by atoms with E-state index in [1.165, 1.54) is 25.7 Å². The highest BCUT2D eigenvalue weighted by Gasteiger charge is 2.37. The van der Waals surface area contributed by atoms with Crippen molar-refractivity contribution in [3.63, 3.8) is 0 Å². The van der Waals surface area contributed by atoms with E-state index in [1.54, 1.807) is 0 Å². The zero-order chi connectivity index (χ0) is 14.5. The Kier molecular flexibility index (Phi) is 6.82. The number of rotatable bonds is 7. The first-order chi connectivity index (χ1) is 8.90. The molecule has 0 aliphatic heterocycles. The first-order valence-electron chi connectivity index (χ1n) is 8.25. The zero-order valence-corrected chi connectivity index (χ0v) is 14.0. The predicted molar refractivity (Wildman–Crippen MR) is 83.5 cm³/mol. The van der Waals surface area contributed by atoms with E-state index in [9.17, 15) is 0 Å². The van der Waals surface area contributed by atoms with E-state index in [0.29, 0.717) is 23.5 Å². The maximum Gasteiger partial charge on any atom is 0.0730 e. The SMILES string of the molecule is CCNC1CCC(C(C)(C)CC)CC1OCC(C)C. The number of likely N-dealkylation sites (N-methyl/N-ethyl adjacent to an activating group) is 1. The van der Waals surface area contributed by atoms with Crippen LogP contribution < -0.4 is 5.32 Å². The molecule has 0 aromatic rings. The zero-order valence-electron chi connectivity index (χ0n) is 14.0. The normalized spacial score (nSPS) is 28.9. The second kappa shape index (κ2) is 7.64. The van der Waals surface area contributed by atoms with Crippen LogP contribution in [0.1, 0.15) is 67.2 Å². The predicted octanol–water partition coefficient (Wildman–Crippen LogP) is 4.24. The minimum Gasteiger partial charge on any atom is -0.376 e. The van der Waals surface area contributed by atoms with Crippen molar-refractivity contribution in [2.45, 2.75) is 79.4 Å². The monoisotopic (exact) mass is 269 g/mol. The second-order valence-electron chi connectivity index (χ2n) is 7.28. The van der Waals surface area contributed by atoms with Crippen LogP contribution >= 0.6 is 0 Å². The second-order valence-corrected chi connectivity index (χ2v) is 7.28. The van der Waals surface area contributed by atoms with E-state index in [-0.39, 0.29) is 0 Å². The Balaban J connectivity index is 2.62. The van der Waals surface area contributed by atoms with Crippen molar-refractivity contribution >= 4 is 0 Å². The molecule has 3 unspecified atom stereocenters. The van der Waals surface area contributed by atoms with Crippen molar-refractivity contribution in [2.75, 3.05) is 13.2 Å². The Morgan fingerprint density at radius 3 is 2.42 bits per heavy atom. The lowest BCUT2D eigenvalue weighted by Crippen LogP contribution is -2.48. The molecule has 3 atom stereocenters. The van der Waals surface area contributed by atoms with Gasteiger partial charge in [-0.25, -0.2) is 0 Å². The highest BCUT2D eigenvalue weighted by atomic mass is 16.5. The standard InChI is InChI=1S/C17H35NO/c1-7-17(5,6)14-9-10-15(18-8-2)16(11-14)19-12-13(3)4/h13-16,18H,7-12H2,1-6H3. The van der Waals surface area contributed by atoms with E-state index in [0.717, 1.165) is 19.1 Å². The van der Waals surface area contributed by atoms with Crippen LogP contribution in [-0.2, 0) is 4.74 Å². The highest BCUT2D eigenvalue weighted by Crippen LogP contribution is 2.41. The van der Waals surface area contributed by atoms with Crippen LogP contribution in [0.4, 0.5) is 0 Å². The topological polar surface area (TPSA) is 21.3 Å². The molecule has 0 spiro atoms. The molecule has 114 valence electrons. The molecule has 1 rings (SSSR count). The minimum atomic E-state index is 0.409. The highest BCUT2D eigenvalue weighted by molar-refractivity contribution is 4.90. The summed E-state index contributed by atoms with van der Waals surface area (Å²) in [4.78, 5) is 0. The van der Waals surface area contributed by atoms with Gasteiger partial charge in [-0.05, 0) is 43.1 Å². The minimum absolute atomic E-state index is 0.409. The first-order valence-corrected chi connectivity index (χ1v) is 8.25. The van der Waals surface area contributed by atoms with Crippen molar-refractivity contribution in [1.29, 1.82) is 0 Å². The lowest BCUT2D eigenvalue weighted by Gasteiger charge is -2.43. The van der Waals surface area contributed by atoms with Gasteiger partial charge < -0.3 is 10.1 Å². The summed E-state index contributed by atoms with van der Waals surface area (Å²) in [5.74, 6) is 1.44. The summed E-state index contributed by atoms with van der Waals surface area (Å²) in [6.45, 7) is 15.8. The van der Waals surface area contributed by atoms with Gasteiger partial charge in [0, 0.05) is 12.6 Å². The molecule has 0 saturated heterocycles. The van der Waals surface area contributed by atoms with Crippen LogP contribution in [0.2, 0.25) is 0 Å². The lowest BCUT2D eigenvalue weighted by molar-refractivity contribution is -0.0397. The molecule has 1 saturated carbocycles. The summed E-state index contributed by atoms with van der Waals surface area (Å²) < 4.78 is 6.22. The van der Waals surface area contributed by atoms with Gasteiger partial charge in [-0.2, -0.15) is 0 Å². The third kappa shape index (κ3) is 5.07. The van der Waals surface area contributed by atoms with E-state index in [4.69, 9.17) is 4.74 Å². The smallest absolute Gasteiger partial charge is 0.0730 e. The quantitative estimate of drug-likeness (QED) is 0.746. The Morgan fingerprint density at radius 1 is 1.21 bits per heavy atom. The van der Waals surface area contributed by atoms with Gasteiger partial charge in [0.05, 0.1) is 6.10 Å². The van der Waals surface area contributed by atoms with Crippen LogP contribution in [0.15, 0.2) is 0 Å². The number of hydrogen-bond acceptors (Lipinski definition) is 2. The number of ether oxygens (including phenoxy) is 1. The summed E-state index contributed by atoms with van der Waals surface area (Å²) in [5, 5.41) is 3.62. The molecule has 0 aromatic heterocycles. The molecule has 1 fully saturated rings. The van der Waals surface area contributed by atoms with E-state index < -0.39 is 0 Å². The maximum absolute atomic E-state index is 6.22. The molecular weight excluding hydrogens is 234 g/mol. The molecule has 1 aliphatic rings. The third-order valence-corrected chi connectivity index (χ3v) is 4.92. The number of nitrogens with one attached hydrogen (secondary N) is 1. The number of hydrogen-bond donors (Lipinski definition) is 1. The largest absolute Gasteiger partial charge is 0.376 e. The van der Waals surface area contributed by atoms with Gasteiger partial charge in [-0.3, -0.25) is 0 Å². The first kappa shape index (κ1) is 17.0. The van der Waals surface area contributed by atoms with Gasteiger partial charge in [-0.15, -0.1) is 0 Å². The van der Waals surface area contributed by atoms with Gasteiger partial charge in [-0.1, -0.05) is 48.0 Å². The van der Waals surface area contributed by atoms with E-state index in [2.05, 4.69) is 46.9 Å². The van der Waals surface area contributed by atoms with E-state index >= 15 is 0 Å². The molecule has 1 aliphatic carbocycles. The van der Waals surface area contributed by atoms with Crippen LogP contribution in [0.3, 0.4) is 0 Å². The van der Waals surface area contributed by atoms with Crippen molar-refractivity contribution in [2.24, 2.45) is 17.3 Å². The Bertz CT molecular complexity index is 250. The van der Waals surface area contributed by atoms with Crippen molar-refractivity contribution < 1.29 is 4.74 Å². The summed E-state index contributed by atoms with van der Waals surface area (Å²) in [7, 11) is 0. The molecular formula is C17H35NO. The Morgan fingerprint density at radius 2 is 1.89 bits per heavy atom. The van der Waals surface area contributed by atoms with Crippen LogP contribution in [0.5, 0.6) is 0 Å².